The molecule has 0 spiro atoms. The van der Waals surface area contributed by atoms with Gasteiger partial charge in [-0.1, -0.05) is 59.7 Å². The monoisotopic (exact) mass is 499 g/mol. The standard InChI is InChI=1S/C26H29NO5S2/c1-19-3-7-21(8-4-19)15-23-17-27(25(28)11-12-33-13-14-34(30,31)32)18-24(26(23)29)16-22-9-5-20(2)6-10-22/h3-10,15-16H,11-14,17-18H2,1-2H3,(H,30,31,32)/b23-15+,24-16+. The van der Waals surface area contributed by atoms with E-state index in [1.807, 2.05) is 74.5 Å². The maximum atomic E-state index is 13.3. The molecular formula is C26H29NO5S2. The van der Waals surface area contributed by atoms with E-state index in [1.165, 1.54) is 11.8 Å². The Morgan fingerprint density at radius 3 is 1.82 bits per heavy atom. The molecule has 180 valence electrons. The van der Waals surface area contributed by atoms with Crippen LogP contribution in [0.1, 0.15) is 28.7 Å². The van der Waals surface area contributed by atoms with Crippen molar-refractivity contribution < 1.29 is 22.6 Å². The van der Waals surface area contributed by atoms with Gasteiger partial charge in [0.15, 0.2) is 5.78 Å². The second-order valence-electron chi connectivity index (χ2n) is 8.39. The van der Waals surface area contributed by atoms with Crippen molar-refractivity contribution in [1.82, 2.24) is 4.90 Å². The molecule has 0 unspecified atom stereocenters. The lowest BCUT2D eigenvalue weighted by atomic mass is 9.93. The van der Waals surface area contributed by atoms with E-state index in [4.69, 9.17) is 4.55 Å². The number of amides is 1. The molecule has 34 heavy (non-hydrogen) atoms. The van der Waals surface area contributed by atoms with Crippen molar-refractivity contribution in [3.05, 3.63) is 81.9 Å². The Hall–Kier alpha value is -2.68. The van der Waals surface area contributed by atoms with E-state index in [9.17, 15) is 18.0 Å². The Balaban J connectivity index is 1.78. The van der Waals surface area contributed by atoms with Crippen molar-refractivity contribution >= 4 is 45.7 Å². The summed E-state index contributed by atoms with van der Waals surface area (Å²) >= 11 is 1.30. The van der Waals surface area contributed by atoms with E-state index in [2.05, 4.69) is 0 Å². The molecule has 3 rings (SSSR count). The molecule has 2 aromatic rings. The van der Waals surface area contributed by atoms with Crippen LogP contribution in [0.3, 0.4) is 0 Å². The van der Waals surface area contributed by atoms with E-state index in [-0.39, 0.29) is 42.7 Å². The molecule has 0 aliphatic carbocycles. The molecule has 0 radical (unpaired) electrons. The van der Waals surface area contributed by atoms with Gasteiger partial charge in [0.1, 0.15) is 0 Å². The van der Waals surface area contributed by atoms with E-state index < -0.39 is 10.1 Å². The highest BCUT2D eigenvalue weighted by atomic mass is 32.2. The summed E-state index contributed by atoms with van der Waals surface area (Å²) in [5.74, 6) is 0.162. The van der Waals surface area contributed by atoms with Crippen LogP contribution in [0, 0.1) is 13.8 Å². The Bertz CT molecular complexity index is 1130. The van der Waals surface area contributed by atoms with Gasteiger partial charge in [-0.2, -0.15) is 20.2 Å². The number of piperidine rings is 1. The van der Waals surface area contributed by atoms with Gasteiger partial charge in [0.2, 0.25) is 5.91 Å². The van der Waals surface area contributed by atoms with Crippen LogP contribution in [-0.4, -0.2) is 59.9 Å². The third kappa shape index (κ3) is 7.97. The average Bonchev–Trinajstić information content (AvgIpc) is 2.78. The lowest BCUT2D eigenvalue weighted by Crippen LogP contribution is -2.41. The number of hydrogen-bond donors (Lipinski definition) is 1. The minimum Gasteiger partial charge on any atom is -0.334 e. The number of ketones is 1. The highest BCUT2D eigenvalue weighted by Gasteiger charge is 2.28. The van der Waals surface area contributed by atoms with Crippen LogP contribution in [0.5, 0.6) is 0 Å². The molecule has 0 bridgehead atoms. The van der Waals surface area contributed by atoms with Crippen LogP contribution in [0.4, 0.5) is 0 Å². The van der Waals surface area contributed by atoms with Crippen LogP contribution in [-0.2, 0) is 19.7 Å². The summed E-state index contributed by atoms with van der Waals surface area (Å²) in [4.78, 5) is 27.9. The topological polar surface area (TPSA) is 91.8 Å². The summed E-state index contributed by atoms with van der Waals surface area (Å²) < 4.78 is 30.5. The largest absolute Gasteiger partial charge is 0.334 e. The number of rotatable bonds is 8. The number of thioether (sulfide) groups is 1. The molecule has 0 aromatic heterocycles. The molecule has 8 heteroatoms. The first kappa shape index (κ1) is 25.9. The van der Waals surface area contributed by atoms with E-state index in [0.717, 1.165) is 22.3 Å². The van der Waals surface area contributed by atoms with Gasteiger partial charge in [0, 0.05) is 42.2 Å². The predicted octanol–water partition coefficient (Wildman–Crippen LogP) is 4.19. The van der Waals surface area contributed by atoms with Crippen LogP contribution >= 0.6 is 11.8 Å². The first-order valence-electron chi connectivity index (χ1n) is 11.0. The van der Waals surface area contributed by atoms with E-state index >= 15 is 0 Å². The second-order valence-corrected chi connectivity index (χ2v) is 11.2. The number of Topliss-reactive ketones (excluding diaryl/α,β-unsaturated/α-hetero) is 1. The van der Waals surface area contributed by atoms with E-state index in [0.29, 0.717) is 16.9 Å². The normalized spacial score (nSPS) is 16.9. The van der Waals surface area contributed by atoms with Crippen molar-refractivity contribution in [3.63, 3.8) is 0 Å². The van der Waals surface area contributed by atoms with Crippen LogP contribution in [0.25, 0.3) is 12.2 Å². The summed E-state index contributed by atoms with van der Waals surface area (Å²) in [6.07, 6.45) is 3.90. The molecule has 6 nitrogen and oxygen atoms in total. The van der Waals surface area contributed by atoms with Crippen molar-refractivity contribution in [2.75, 3.05) is 30.3 Å². The van der Waals surface area contributed by atoms with Crippen LogP contribution in [0.2, 0.25) is 0 Å². The fourth-order valence-electron chi connectivity index (χ4n) is 3.53. The van der Waals surface area contributed by atoms with Crippen molar-refractivity contribution in [2.45, 2.75) is 20.3 Å². The third-order valence-electron chi connectivity index (χ3n) is 5.44. The number of hydrogen-bond acceptors (Lipinski definition) is 5. The maximum absolute atomic E-state index is 13.3. The van der Waals surface area contributed by atoms with Crippen LogP contribution < -0.4 is 0 Å². The Morgan fingerprint density at radius 2 is 1.38 bits per heavy atom. The lowest BCUT2D eigenvalue weighted by molar-refractivity contribution is -0.130. The number of aryl methyl sites for hydroxylation is 2. The number of benzene rings is 2. The number of likely N-dealkylation sites (tertiary alicyclic amines) is 1. The SMILES string of the molecule is Cc1ccc(/C=C2\CN(C(=O)CCSCCS(=O)(=O)O)C/C(=C\c3ccc(C)cc3)C2=O)cc1. The van der Waals surface area contributed by atoms with Crippen LogP contribution in [0.15, 0.2) is 59.7 Å². The van der Waals surface area contributed by atoms with Crippen molar-refractivity contribution in [3.8, 4) is 0 Å². The first-order valence-corrected chi connectivity index (χ1v) is 13.8. The zero-order chi connectivity index (χ0) is 24.7. The van der Waals surface area contributed by atoms with Gasteiger partial charge >= 0.3 is 0 Å². The molecule has 1 fully saturated rings. The molecular weight excluding hydrogens is 470 g/mol. The fourth-order valence-corrected chi connectivity index (χ4v) is 5.36. The molecule has 1 aliphatic rings. The van der Waals surface area contributed by atoms with Gasteiger partial charge in [-0.25, -0.2) is 0 Å². The highest BCUT2D eigenvalue weighted by molar-refractivity contribution is 8.00. The van der Waals surface area contributed by atoms with Gasteiger partial charge in [0.05, 0.1) is 5.75 Å². The molecule has 1 amide bonds. The summed E-state index contributed by atoms with van der Waals surface area (Å²) in [5, 5.41) is 0. The third-order valence-corrected chi connectivity index (χ3v) is 7.40. The van der Waals surface area contributed by atoms with Crippen molar-refractivity contribution in [2.24, 2.45) is 0 Å². The number of nitrogens with zero attached hydrogens (tertiary/aromatic N) is 1. The zero-order valence-corrected chi connectivity index (χ0v) is 21.0. The summed E-state index contributed by atoms with van der Waals surface area (Å²) in [5.41, 5.74) is 5.17. The quantitative estimate of drug-likeness (QED) is 0.333. The maximum Gasteiger partial charge on any atom is 0.265 e. The summed E-state index contributed by atoms with van der Waals surface area (Å²) in [6, 6.07) is 15.7. The Labute approximate surface area is 205 Å². The molecule has 0 atom stereocenters. The summed E-state index contributed by atoms with van der Waals surface area (Å²) in [7, 11) is -4.00. The Kier molecular flexibility index (Phi) is 8.88. The van der Waals surface area contributed by atoms with Gasteiger partial charge in [0.25, 0.3) is 10.1 Å². The van der Waals surface area contributed by atoms with E-state index in [1.54, 1.807) is 4.90 Å². The smallest absolute Gasteiger partial charge is 0.265 e. The van der Waals surface area contributed by atoms with Gasteiger partial charge in [-0.15, -0.1) is 0 Å². The molecule has 1 saturated heterocycles. The lowest BCUT2D eigenvalue weighted by Gasteiger charge is -2.30. The Morgan fingerprint density at radius 1 is 0.912 bits per heavy atom. The molecule has 1 aliphatic heterocycles. The molecule has 1 heterocycles. The molecule has 0 saturated carbocycles. The fraction of sp³-hybridized carbons (Fsp3) is 0.308. The minimum atomic E-state index is -4.00. The van der Waals surface area contributed by atoms with Crippen molar-refractivity contribution in [1.29, 1.82) is 0 Å². The summed E-state index contributed by atoms with van der Waals surface area (Å²) in [6.45, 7) is 4.46. The highest BCUT2D eigenvalue weighted by Crippen LogP contribution is 2.23. The molecule has 1 N–H and O–H groups in total. The predicted molar refractivity (Wildman–Crippen MR) is 138 cm³/mol. The zero-order valence-electron chi connectivity index (χ0n) is 19.4. The van der Waals surface area contributed by atoms with Gasteiger partial charge < -0.3 is 4.90 Å². The number of carbonyl (C=O) groups is 2. The second kappa shape index (κ2) is 11.6. The first-order chi connectivity index (χ1) is 16.1. The van der Waals surface area contributed by atoms with Gasteiger partial charge in [-0.3, -0.25) is 14.1 Å². The minimum absolute atomic E-state index is 0.0623. The number of carbonyl (C=O) groups excluding carboxylic acids is 2. The average molecular weight is 500 g/mol. The molecule has 2 aromatic carbocycles. The van der Waals surface area contributed by atoms with Gasteiger partial charge in [-0.05, 0) is 37.1 Å².